The third-order valence-corrected chi connectivity index (χ3v) is 8.69. The van der Waals surface area contributed by atoms with Gasteiger partial charge in [0, 0.05) is 16.9 Å². The zero-order valence-electron chi connectivity index (χ0n) is 19.9. The number of aryl methyl sites for hydroxylation is 1. The fourth-order valence-corrected chi connectivity index (χ4v) is 6.75. The molecule has 0 aromatic carbocycles. The third-order valence-electron chi connectivity index (χ3n) is 7.06. The lowest BCUT2D eigenvalue weighted by molar-refractivity contribution is -0.196. The van der Waals surface area contributed by atoms with Gasteiger partial charge in [-0.05, 0) is 75.3 Å². The number of halogens is 1. The molecule has 5 atom stereocenters. The van der Waals surface area contributed by atoms with Crippen LogP contribution in [0.4, 0.5) is 0 Å². The Morgan fingerprint density at radius 3 is 2.69 bits per heavy atom. The van der Waals surface area contributed by atoms with Gasteiger partial charge < -0.3 is 14.2 Å². The van der Waals surface area contributed by atoms with Gasteiger partial charge in [-0.3, -0.25) is 0 Å². The van der Waals surface area contributed by atoms with Gasteiger partial charge in [-0.15, -0.1) is 22.9 Å². The fourth-order valence-electron chi connectivity index (χ4n) is 5.30. The summed E-state index contributed by atoms with van der Waals surface area (Å²) in [5, 5.41) is 0.179. The number of carbonyl (C=O) groups excluding carboxylic acids is 1. The predicted octanol–water partition coefficient (Wildman–Crippen LogP) is 7.37. The van der Waals surface area contributed by atoms with Crippen LogP contribution in [0.15, 0.2) is 12.1 Å². The summed E-state index contributed by atoms with van der Waals surface area (Å²) < 4.78 is 17.2. The molecule has 1 aromatic rings. The van der Waals surface area contributed by atoms with Gasteiger partial charge in [0.1, 0.15) is 4.88 Å². The van der Waals surface area contributed by atoms with E-state index in [1.165, 1.54) is 56.9 Å². The maximum Gasteiger partial charge on any atom is 0.348 e. The summed E-state index contributed by atoms with van der Waals surface area (Å²) in [6, 6.07) is 3.93. The molecule has 32 heavy (non-hydrogen) atoms. The van der Waals surface area contributed by atoms with Crippen LogP contribution in [0.1, 0.15) is 98.5 Å². The molecule has 0 N–H and O–H groups in total. The van der Waals surface area contributed by atoms with Crippen molar-refractivity contribution in [3.05, 3.63) is 21.9 Å². The largest absolute Gasteiger partial charge is 0.465 e. The van der Waals surface area contributed by atoms with Crippen LogP contribution in [-0.4, -0.2) is 37.5 Å². The van der Waals surface area contributed by atoms with Crippen LogP contribution in [0.5, 0.6) is 0 Å². The highest BCUT2D eigenvalue weighted by Gasteiger charge is 2.43. The monoisotopic (exact) mass is 484 g/mol. The highest BCUT2D eigenvalue weighted by atomic mass is 35.5. The maximum atomic E-state index is 11.7. The molecule has 1 aliphatic carbocycles. The van der Waals surface area contributed by atoms with Gasteiger partial charge in [0.25, 0.3) is 0 Å². The SMILES string of the molecule is CCCCCCC[C@@H]1[C@@H](CCCc2ccc(C(=O)OC)s2)[C@@H](Cl)C[C@H]1OC1CCCCO1. The Labute approximate surface area is 203 Å². The Hall–Kier alpha value is -0.620. The van der Waals surface area contributed by atoms with Crippen LogP contribution < -0.4 is 0 Å². The number of alkyl halides is 1. The molecule has 2 aliphatic rings. The molecule has 0 spiro atoms. The first-order valence-electron chi connectivity index (χ1n) is 12.7. The number of hydrogen-bond donors (Lipinski definition) is 0. The molecule has 0 radical (unpaired) electrons. The number of thiophene rings is 1. The molecule has 182 valence electrons. The molecule has 2 heterocycles. The molecule has 1 aliphatic heterocycles. The van der Waals surface area contributed by atoms with E-state index in [2.05, 4.69) is 13.0 Å². The molecular formula is C26H41ClO4S. The molecule has 1 aromatic heterocycles. The van der Waals surface area contributed by atoms with E-state index in [4.69, 9.17) is 25.8 Å². The van der Waals surface area contributed by atoms with Crippen LogP contribution in [0.3, 0.4) is 0 Å². The van der Waals surface area contributed by atoms with E-state index < -0.39 is 0 Å². The number of carbonyl (C=O) groups is 1. The lowest BCUT2D eigenvalue weighted by Gasteiger charge is -2.30. The molecule has 1 unspecified atom stereocenters. The first kappa shape index (κ1) is 26.0. The van der Waals surface area contributed by atoms with E-state index in [1.807, 2.05) is 6.07 Å². The van der Waals surface area contributed by atoms with Gasteiger partial charge in [0.05, 0.1) is 13.2 Å². The highest BCUT2D eigenvalue weighted by Crippen LogP contribution is 2.44. The van der Waals surface area contributed by atoms with Crippen LogP contribution >= 0.6 is 22.9 Å². The van der Waals surface area contributed by atoms with Crippen LogP contribution in [0, 0.1) is 11.8 Å². The summed E-state index contributed by atoms with van der Waals surface area (Å²) in [7, 11) is 1.43. The first-order chi connectivity index (χ1) is 15.6. The minimum atomic E-state index is -0.245. The van der Waals surface area contributed by atoms with Crippen molar-refractivity contribution < 1.29 is 19.0 Å². The number of esters is 1. The van der Waals surface area contributed by atoms with Crippen molar-refractivity contribution in [3.8, 4) is 0 Å². The Balaban J connectivity index is 1.54. The third kappa shape index (κ3) is 7.72. The zero-order chi connectivity index (χ0) is 22.8. The smallest absolute Gasteiger partial charge is 0.348 e. The van der Waals surface area contributed by atoms with Crippen molar-refractivity contribution in [2.45, 2.75) is 108 Å². The maximum absolute atomic E-state index is 11.7. The highest BCUT2D eigenvalue weighted by molar-refractivity contribution is 7.13. The Bertz CT molecular complexity index is 673. The van der Waals surface area contributed by atoms with Gasteiger partial charge in [-0.25, -0.2) is 4.79 Å². The summed E-state index contributed by atoms with van der Waals surface area (Å²) in [4.78, 5) is 13.6. The van der Waals surface area contributed by atoms with Crippen molar-refractivity contribution in [2.24, 2.45) is 11.8 Å². The second kappa shape index (κ2) is 13.9. The van der Waals surface area contributed by atoms with E-state index >= 15 is 0 Å². The van der Waals surface area contributed by atoms with Crippen LogP contribution in [-0.2, 0) is 20.6 Å². The number of hydrogen-bond acceptors (Lipinski definition) is 5. The molecule has 3 rings (SSSR count). The minimum absolute atomic E-state index is 0.0400. The predicted molar refractivity (Wildman–Crippen MR) is 132 cm³/mol. The van der Waals surface area contributed by atoms with Crippen LogP contribution in [0.25, 0.3) is 0 Å². The van der Waals surface area contributed by atoms with E-state index in [0.29, 0.717) is 16.7 Å². The normalized spacial score (nSPS) is 28.2. The average Bonchev–Trinajstić information content (AvgIpc) is 3.39. The van der Waals surface area contributed by atoms with Gasteiger partial charge >= 0.3 is 5.97 Å². The standard InChI is InChI=1S/C26H41ClO4S/c1-3-4-5-6-7-12-21-20(13-10-11-19-15-16-24(32-19)26(28)29-2)22(27)18-23(21)31-25-14-8-9-17-30-25/h15-16,20-23,25H,3-14,17-18H2,1-2H3/t20-,21-,22+,23-,25?/m1/s1. The van der Waals surface area contributed by atoms with Gasteiger partial charge in [0.15, 0.2) is 6.29 Å². The molecule has 1 saturated heterocycles. The molecule has 0 bridgehead atoms. The summed E-state index contributed by atoms with van der Waals surface area (Å²) in [6.45, 7) is 3.09. The van der Waals surface area contributed by atoms with Crippen molar-refractivity contribution in [1.82, 2.24) is 0 Å². The lowest BCUT2D eigenvalue weighted by atomic mass is 9.85. The molecule has 1 saturated carbocycles. The molecule has 2 fully saturated rings. The Morgan fingerprint density at radius 1 is 1.12 bits per heavy atom. The molecular weight excluding hydrogens is 444 g/mol. The number of unbranched alkanes of at least 4 members (excludes halogenated alkanes) is 4. The number of rotatable bonds is 13. The van der Waals surface area contributed by atoms with Gasteiger partial charge in [-0.2, -0.15) is 0 Å². The van der Waals surface area contributed by atoms with Crippen LogP contribution in [0.2, 0.25) is 0 Å². The molecule has 0 amide bonds. The van der Waals surface area contributed by atoms with E-state index in [0.717, 1.165) is 45.1 Å². The minimum Gasteiger partial charge on any atom is -0.465 e. The Kier molecular flexibility index (Phi) is 11.3. The van der Waals surface area contributed by atoms with Gasteiger partial charge in [0.2, 0.25) is 0 Å². The summed E-state index contributed by atoms with van der Waals surface area (Å²) in [6.07, 6.45) is 15.4. The van der Waals surface area contributed by atoms with Gasteiger partial charge in [-0.1, -0.05) is 39.0 Å². The van der Waals surface area contributed by atoms with E-state index in [-0.39, 0.29) is 23.7 Å². The second-order valence-corrected chi connectivity index (χ2v) is 11.1. The Morgan fingerprint density at radius 2 is 1.94 bits per heavy atom. The number of ether oxygens (including phenoxy) is 3. The summed E-state index contributed by atoms with van der Waals surface area (Å²) in [5.41, 5.74) is 0. The van der Waals surface area contributed by atoms with E-state index in [1.54, 1.807) is 11.3 Å². The lowest BCUT2D eigenvalue weighted by Crippen LogP contribution is -2.31. The molecule has 6 heteroatoms. The average molecular weight is 485 g/mol. The quantitative estimate of drug-likeness (QED) is 0.166. The first-order valence-corrected chi connectivity index (χ1v) is 14.0. The fraction of sp³-hybridized carbons (Fsp3) is 0.808. The van der Waals surface area contributed by atoms with E-state index in [9.17, 15) is 4.79 Å². The van der Waals surface area contributed by atoms with Crippen molar-refractivity contribution in [2.75, 3.05) is 13.7 Å². The summed E-state index contributed by atoms with van der Waals surface area (Å²) in [5.74, 6) is 0.779. The van der Waals surface area contributed by atoms with Crippen molar-refractivity contribution in [3.63, 3.8) is 0 Å². The second-order valence-electron chi connectivity index (χ2n) is 9.40. The van der Waals surface area contributed by atoms with Crippen molar-refractivity contribution in [1.29, 1.82) is 0 Å². The van der Waals surface area contributed by atoms with Crippen molar-refractivity contribution >= 4 is 28.9 Å². The number of methoxy groups -OCH3 is 1. The zero-order valence-corrected chi connectivity index (χ0v) is 21.4. The molecule has 4 nitrogen and oxygen atoms in total. The summed E-state index contributed by atoms with van der Waals surface area (Å²) >= 11 is 8.46. The topological polar surface area (TPSA) is 44.8 Å².